The normalized spacial score (nSPS) is 11.5. The highest BCUT2D eigenvalue weighted by Gasteiger charge is 2.21. The molecule has 0 aliphatic rings. The summed E-state index contributed by atoms with van der Waals surface area (Å²) in [6, 6.07) is 7.64. The van der Waals surface area contributed by atoms with Gasteiger partial charge in [-0.15, -0.1) is 23.7 Å². The summed E-state index contributed by atoms with van der Waals surface area (Å²) in [4.78, 5) is 18.3. The van der Waals surface area contributed by atoms with Gasteiger partial charge < -0.3 is 15.4 Å². The molecule has 1 heterocycles. The first kappa shape index (κ1) is 18.4. The topological polar surface area (TPSA) is 68.5 Å². The van der Waals surface area contributed by atoms with Gasteiger partial charge in [-0.05, 0) is 24.6 Å². The fourth-order valence-corrected chi connectivity index (χ4v) is 2.61. The molecule has 1 aromatic carbocycles. The van der Waals surface area contributed by atoms with Crippen molar-refractivity contribution < 1.29 is 9.53 Å². The lowest BCUT2D eigenvalue weighted by Crippen LogP contribution is -2.30. The van der Waals surface area contributed by atoms with Crippen LogP contribution >= 0.6 is 23.7 Å². The van der Waals surface area contributed by atoms with E-state index in [9.17, 15) is 4.79 Å². The predicted molar refractivity (Wildman–Crippen MR) is 90.8 cm³/mol. The number of nitrogens with two attached hydrogens (primary N) is 1. The first-order chi connectivity index (χ1) is 10.1. The zero-order valence-electron chi connectivity index (χ0n) is 12.8. The van der Waals surface area contributed by atoms with Crippen LogP contribution in [0.5, 0.6) is 5.75 Å². The third kappa shape index (κ3) is 3.97. The van der Waals surface area contributed by atoms with Crippen LogP contribution in [0.3, 0.4) is 0 Å². The second kappa shape index (κ2) is 8.12. The summed E-state index contributed by atoms with van der Waals surface area (Å²) in [7, 11) is 3.41. The van der Waals surface area contributed by atoms with Gasteiger partial charge in [0.05, 0.1) is 13.2 Å². The van der Waals surface area contributed by atoms with Crippen molar-refractivity contribution in [2.24, 2.45) is 5.73 Å². The molecule has 0 saturated heterocycles. The predicted octanol–water partition coefficient (Wildman–Crippen LogP) is 2.87. The Bertz CT molecular complexity index is 616. The number of methoxy groups -OCH3 is 1. The third-order valence-electron chi connectivity index (χ3n) is 3.44. The molecular weight excluding hydrogens is 322 g/mol. The number of hydrogen-bond acceptors (Lipinski definition) is 5. The van der Waals surface area contributed by atoms with Gasteiger partial charge in [0.1, 0.15) is 16.5 Å². The van der Waals surface area contributed by atoms with E-state index >= 15 is 0 Å². The molecule has 0 radical (unpaired) electrons. The summed E-state index contributed by atoms with van der Waals surface area (Å²) in [6.45, 7) is 2.34. The van der Waals surface area contributed by atoms with Crippen LogP contribution in [0.2, 0.25) is 0 Å². The maximum absolute atomic E-state index is 12.4. The molecule has 1 atom stereocenters. The first-order valence-corrected chi connectivity index (χ1v) is 7.50. The zero-order chi connectivity index (χ0) is 15.4. The Morgan fingerprint density at radius 2 is 2.05 bits per heavy atom. The standard InChI is InChI=1S/C15H19N3O2S.ClH/c1-10(11-4-6-12(20-3)7-5-11)18(2)15(19)13-9-21-14(8-16)17-13;/h4-7,9-10H,8,16H2,1-3H3;1H. The van der Waals surface area contributed by atoms with E-state index in [1.165, 1.54) is 11.3 Å². The van der Waals surface area contributed by atoms with Crippen LogP contribution in [-0.2, 0) is 6.54 Å². The number of halogens is 1. The summed E-state index contributed by atoms with van der Waals surface area (Å²) < 4.78 is 5.14. The number of aromatic nitrogens is 1. The number of ether oxygens (including phenoxy) is 1. The molecule has 22 heavy (non-hydrogen) atoms. The number of carbonyl (C=O) groups excluding carboxylic acids is 1. The quantitative estimate of drug-likeness (QED) is 0.908. The first-order valence-electron chi connectivity index (χ1n) is 6.62. The molecule has 1 aromatic heterocycles. The number of hydrogen-bond donors (Lipinski definition) is 1. The monoisotopic (exact) mass is 341 g/mol. The lowest BCUT2D eigenvalue weighted by Gasteiger charge is -2.24. The van der Waals surface area contributed by atoms with E-state index in [1.54, 1.807) is 24.4 Å². The molecule has 2 rings (SSSR count). The summed E-state index contributed by atoms with van der Waals surface area (Å²) in [6.07, 6.45) is 0. The molecule has 0 aliphatic carbocycles. The second-order valence-electron chi connectivity index (χ2n) is 4.70. The molecule has 0 fully saturated rings. The van der Waals surface area contributed by atoms with Gasteiger partial charge in [-0.3, -0.25) is 4.79 Å². The van der Waals surface area contributed by atoms with Gasteiger partial charge in [-0.2, -0.15) is 0 Å². The summed E-state index contributed by atoms with van der Waals surface area (Å²) >= 11 is 1.41. The van der Waals surface area contributed by atoms with Crippen molar-refractivity contribution in [1.82, 2.24) is 9.88 Å². The molecule has 0 spiro atoms. The maximum atomic E-state index is 12.4. The van der Waals surface area contributed by atoms with Gasteiger partial charge in [0.25, 0.3) is 5.91 Å². The van der Waals surface area contributed by atoms with Crippen LogP contribution in [0.4, 0.5) is 0 Å². The SMILES string of the molecule is COc1ccc(C(C)N(C)C(=O)c2csc(CN)n2)cc1.Cl. The van der Waals surface area contributed by atoms with Crippen molar-refractivity contribution >= 4 is 29.7 Å². The molecule has 120 valence electrons. The minimum absolute atomic E-state index is 0. The molecule has 0 bridgehead atoms. The Labute approximate surface area is 140 Å². The van der Waals surface area contributed by atoms with Crippen molar-refractivity contribution in [3.8, 4) is 5.75 Å². The van der Waals surface area contributed by atoms with Crippen LogP contribution in [0.15, 0.2) is 29.6 Å². The van der Waals surface area contributed by atoms with Crippen molar-refractivity contribution in [2.75, 3.05) is 14.2 Å². The summed E-state index contributed by atoms with van der Waals surface area (Å²) in [5.41, 5.74) is 7.02. The Balaban J connectivity index is 0.00000242. The van der Waals surface area contributed by atoms with E-state index in [0.29, 0.717) is 12.2 Å². The van der Waals surface area contributed by atoms with Gasteiger partial charge in [0.15, 0.2) is 0 Å². The minimum atomic E-state index is -0.103. The average Bonchev–Trinajstić information content (AvgIpc) is 3.02. The van der Waals surface area contributed by atoms with Crippen LogP contribution < -0.4 is 10.5 Å². The van der Waals surface area contributed by atoms with Crippen LogP contribution in [0, 0.1) is 0 Å². The van der Waals surface area contributed by atoms with Gasteiger partial charge >= 0.3 is 0 Å². The molecule has 0 saturated carbocycles. The zero-order valence-corrected chi connectivity index (χ0v) is 14.4. The molecule has 1 unspecified atom stereocenters. The van der Waals surface area contributed by atoms with E-state index < -0.39 is 0 Å². The fourth-order valence-electron chi connectivity index (χ4n) is 1.97. The summed E-state index contributed by atoms with van der Waals surface area (Å²) in [5, 5.41) is 2.52. The average molecular weight is 342 g/mol. The lowest BCUT2D eigenvalue weighted by molar-refractivity contribution is 0.0737. The molecule has 0 aliphatic heterocycles. The molecule has 5 nitrogen and oxygen atoms in total. The van der Waals surface area contributed by atoms with Crippen LogP contribution in [-0.4, -0.2) is 29.9 Å². The van der Waals surface area contributed by atoms with Crippen molar-refractivity contribution in [1.29, 1.82) is 0 Å². The Kier molecular flexibility index (Phi) is 6.80. The van der Waals surface area contributed by atoms with E-state index in [1.807, 2.05) is 31.2 Å². The third-order valence-corrected chi connectivity index (χ3v) is 4.32. The highest BCUT2D eigenvalue weighted by molar-refractivity contribution is 7.09. The highest BCUT2D eigenvalue weighted by atomic mass is 35.5. The van der Waals surface area contributed by atoms with E-state index in [4.69, 9.17) is 10.5 Å². The van der Waals surface area contributed by atoms with Crippen LogP contribution in [0.25, 0.3) is 0 Å². The largest absolute Gasteiger partial charge is 0.497 e. The summed E-state index contributed by atoms with van der Waals surface area (Å²) in [5.74, 6) is 0.696. The number of benzene rings is 1. The van der Waals surface area contributed by atoms with Gasteiger partial charge in [-0.25, -0.2) is 4.98 Å². The van der Waals surface area contributed by atoms with Crippen molar-refractivity contribution in [3.05, 3.63) is 45.9 Å². The smallest absolute Gasteiger partial charge is 0.273 e. The number of nitrogens with zero attached hydrogens (tertiary/aromatic N) is 2. The second-order valence-corrected chi connectivity index (χ2v) is 5.64. The molecule has 7 heteroatoms. The van der Waals surface area contributed by atoms with E-state index in [2.05, 4.69) is 4.98 Å². The van der Waals surface area contributed by atoms with Crippen molar-refractivity contribution in [2.45, 2.75) is 19.5 Å². The lowest BCUT2D eigenvalue weighted by atomic mass is 10.1. The molecule has 2 aromatic rings. The highest BCUT2D eigenvalue weighted by Crippen LogP contribution is 2.23. The number of rotatable bonds is 5. The van der Waals surface area contributed by atoms with E-state index in [-0.39, 0.29) is 24.4 Å². The Hall–Kier alpha value is -1.63. The number of thiazole rings is 1. The fraction of sp³-hybridized carbons (Fsp3) is 0.333. The van der Waals surface area contributed by atoms with E-state index in [0.717, 1.165) is 16.3 Å². The van der Waals surface area contributed by atoms with Crippen LogP contribution in [0.1, 0.15) is 34.0 Å². The Morgan fingerprint density at radius 3 is 2.55 bits per heavy atom. The minimum Gasteiger partial charge on any atom is -0.497 e. The Morgan fingerprint density at radius 1 is 1.41 bits per heavy atom. The molecule has 1 amide bonds. The van der Waals surface area contributed by atoms with Gasteiger partial charge in [0, 0.05) is 19.0 Å². The maximum Gasteiger partial charge on any atom is 0.273 e. The number of carbonyl (C=O) groups is 1. The van der Waals surface area contributed by atoms with Crippen molar-refractivity contribution in [3.63, 3.8) is 0 Å². The van der Waals surface area contributed by atoms with Gasteiger partial charge in [0.2, 0.25) is 0 Å². The number of amides is 1. The van der Waals surface area contributed by atoms with Gasteiger partial charge in [-0.1, -0.05) is 12.1 Å². The molecular formula is C15H20ClN3O2S. The molecule has 2 N–H and O–H groups in total.